The molecule has 6 N–H and O–H groups in total. The number of phenols is 2. The van der Waals surface area contributed by atoms with Crippen LogP contribution in [-0.4, -0.2) is 75.1 Å². The van der Waals surface area contributed by atoms with Crippen molar-refractivity contribution in [1.82, 2.24) is 20.2 Å². The lowest BCUT2D eigenvalue weighted by atomic mass is 9.98. The predicted octanol–water partition coefficient (Wildman–Crippen LogP) is 4.77. The quantitative estimate of drug-likeness (QED) is 0.0868. The van der Waals surface area contributed by atoms with Crippen LogP contribution in [0.25, 0.3) is 0 Å². The Balaban J connectivity index is 1.15. The Morgan fingerprint density at radius 1 is 1.00 bits per heavy atom. The average Bonchev–Trinajstić information content (AvgIpc) is 3.09. The van der Waals surface area contributed by atoms with Crippen molar-refractivity contribution < 1.29 is 19.8 Å². The average molecular weight is 663 g/mol. The number of nitrogens with zero attached hydrogens (tertiary/aromatic N) is 5. The van der Waals surface area contributed by atoms with Crippen molar-refractivity contribution in [3.05, 3.63) is 120 Å². The van der Waals surface area contributed by atoms with E-state index in [9.17, 15) is 19.8 Å². The molecule has 254 valence electrons. The van der Waals surface area contributed by atoms with Gasteiger partial charge in [-0.15, -0.1) is 6.58 Å². The molecule has 1 atom stereocenters. The third kappa shape index (κ3) is 8.40. The second-order valence-corrected chi connectivity index (χ2v) is 12.3. The van der Waals surface area contributed by atoms with Crippen LogP contribution in [0.2, 0.25) is 0 Å². The van der Waals surface area contributed by atoms with Gasteiger partial charge < -0.3 is 26.2 Å². The van der Waals surface area contributed by atoms with Gasteiger partial charge in [-0.2, -0.15) is 0 Å². The first kappa shape index (κ1) is 34.6. The van der Waals surface area contributed by atoms with Gasteiger partial charge in [0, 0.05) is 56.9 Å². The Hall–Kier alpha value is -5.75. The molecule has 2 heterocycles. The van der Waals surface area contributed by atoms with Gasteiger partial charge in [-0.1, -0.05) is 44.2 Å². The van der Waals surface area contributed by atoms with Gasteiger partial charge in [-0.3, -0.25) is 20.1 Å². The number of aromatic hydroxyl groups is 2. The van der Waals surface area contributed by atoms with E-state index in [0.29, 0.717) is 17.7 Å². The number of urea groups is 1. The summed E-state index contributed by atoms with van der Waals surface area (Å²) in [5, 5.41) is 32.3. The second kappa shape index (κ2) is 15.4. The molecule has 1 unspecified atom stereocenters. The van der Waals surface area contributed by atoms with E-state index in [0.717, 1.165) is 54.4 Å². The van der Waals surface area contributed by atoms with Gasteiger partial charge in [0.15, 0.2) is 0 Å². The fourth-order valence-electron chi connectivity index (χ4n) is 5.85. The van der Waals surface area contributed by atoms with Crippen LogP contribution in [0, 0.1) is 5.41 Å². The number of amides is 3. The lowest BCUT2D eigenvalue weighted by molar-refractivity contribution is 0.0939. The highest BCUT2D eigenvalue weighted by molar-refractivity contribution is 6.22. The summed E-state index contributed by atoms with van der Waals surface area (Å²) >= 11 is 0. The Morgan fingerprint density at radius 3 is 2.27 bits per heavy atom. The molecule has 1 saturated heterocycles. The third-order valence-corrected chi connectivity index (χ3v) is 8.59. The Bertz CT molecular complexity index is 1790. The SMILES string of the molecule is C=CC(Cc1ccc(N2CCN(Cc3ccc(N(C(=N)c4cc(C(C)C)c(O)cc4O)C(N)=O)cc3)CC2)cc1)NC(=O)c1cnccn1. The second-order valence-electron chi connectivity index (χ2n) is 12.3. The molecule has 12 heteroatoms. The Kier molecular flexibility index (Phi) is 10.9. The van der Waals surface area contributed by atoms with E-state index < -0.39 is 6.03 Å². The van der Waals surface area contributed by atoms with Gasteiger partial charge >= 0.3 is 6.03 Å². The minimum atomic E-state index is -0.855. The number of carbonyl (C=O) groups excluding carboxylic acids is 2. The fraction of sp³-hybridized carbons (Fsp3) is 0.270. The molecule has 12 nitrogen and oxygen atoms in total. The summed E-state index contributed by atoms with van der Waals surface area (Å²) in [4.78, 5) is 38.7. The number of nitrogens with two attached hydrogens (primary N) is 1. The van der Waals surface area contributed by atoms with E-state index in [-0.39, 0.29) is 46.5 Å². The zero-order chi connectivity index (χ0) is 35.1. The predicted molar refractivity (Wildman–Crippen MR) is 190 cm³/mol. The number of rotatable bonds is 11. The summed E-state index contributed by atoms with van der Waals surface area (Å²) in [6.07, 6.45) is 6.78. The van der Waals surface area contributed by atoms with Crippen LogP contribution in [0.3, 0.4) is 0 Å². The first-order valence-corrected chi connectivity index (χ1v) is 16.1. The lowest BCUT2D eigenvalue weighted by Gasteiger charge is -2.36. The van der Waals surface area contributed by atoms with Crippen LogP contribution in [0.1, 0.15) is 52.5 Å². The van der Waals surface area contributed by atoms with Crippen LogP contribution < -0.4 is 20.9 Å². The highest BCUT2D eigenvalue weighted by Crippen LogP contribution is 2.33. The summed E-state index contributed by atoms with van der Waals surface area (Å²) in [5.74, 6) is -1.02. The number of hydrogen-bond donors (Lipinski definition) is 5. The van der Waals surface area contributed by atoms with Crippen LogP contribution in [-0.2, 0) is 13.0 Å². The summed E-state index contributed by atoms with van der Waals surface area (Å²) in [5.41, 5.74) is 10.3. The van der Waals surface area contributed by atoms with Crippen molar-refractivity contribution in [2.45, 2.75) is 38.8 Å². The van der Waals surface area contributed by atoms with E-state index in [2.05, 4.69) is 55.9 Å². The number of anilines is 2. The van der Waals surface area contributed by atoms with Crippen molar-refractivity contribution in [3.63, 3.8) is 0 Å². The van der Waals surface area contributed by atoms with Crippen molar-refractivity contribution in [2.24, 2.45) is 5.73 Å². The molecular formula is C37H42N8O4. The number of aromatic nitrogens is 2. The number of primary amides is 1. The van der Waals surface area contributed by atoms with Crippen LogP contribution in [0.5, 0.6) is 11.5 Å². The third-order valence-electron chi connectivity index (χ3n) is 8.59. The number of piperazine rings is 1. The van der Waals surface area contributed by atoms with Gasteiger partial charge in [0.05, 0.1) is 23.5 Å². The van der Waals surface area contributed by atoms with E-state index in [1.165, 1.54) is 30.7 Å². The number of amidine groups is 1. The first-order chi connectivity index (χ1) is 23.5. The number of phenolic OH excluding ortho intramolecular Hbond substituents is 2. The molecular weight excluding hydrogens is 620 g/mol. The van der Waals surface area contributed by atoms with Gasteiger partial charge in [0.1, 0.15) is 23.0 Å². The molecule has 3 aromatic carbocycles. The maximum atomic E-state index is 12.5. The Morgan fingerprint density at radius 2 is 1.67 bits per heavy atom. The number of benzene rings is 3. The first-order valence-electron chi connectivity index (χ1n) is 16.1. The minimum Gasteiger partial charge on any atom is -0.508 e. The Labute approximate surface area is 286 Å². The highest BCUT2D eigenvalue weighted by atomic mass is 16.3. The smallest absolute Gasteiger partial charge is 0.325 e. The molecule has 0 radical (unpaired) electrons. The monoisotopic (exact) mass is 662 g/mol. The van der Waals surface area contributed by atoms with Crippen molar-refractivity contribution in [1.29, 1.82) is 5.41 Å². The summed E-state index contributed by atoms with van der Waals surface area (Å²) < 4.78 is 0. The zero-order valence-electron chi connectivity index (χ0n) is 27.7. The molecule has 0 saturated carbocycles. The molecule has 49 heavy (non-hydrogen) atoms. The molecule has 1 aromatic heterocycles. The van der Waals surface area contributed by atoms with Gasteiger partial charge in [-0.25, -0.2) is 14.7 Å². The maximum absolute atomic E-state index is 12.5. The van der Waals surface area contributed by atoms with Crippen molar-refractivity contribution in [3.8, 4) is 11.5 Å². The highest BCUT2D eigenvalue weighted by Gasteiger charge is 2.24. The molecule has 1 fully saturated rings. The summed E-state index contributed by atoms with van der Waals surface area (Å²) in [6, 6.07) is 17.3. The fourth-order valence-corrected chi connectivity index (χ4v) is 5.85. The largest absolute Gasteiger partial charge is 0.508 e. The van der Waals surface area contributed by atoms with Crippen LogP contribution >= 0.6 is 0 Å². The number of hydrogen-bond acceptors (Lipinski definition) is 9. The normalized spacial score (nSPS) is 13.9. The van der Waals surface area contributed by atoms with Crippen LogP contribution in [0.4, 0.5) is 16.2 Å². The lowest BCUT2D eigenvalue weighted by Crippen LogP contribution is -2.46. The standard InChI is InChI=1S/C37H42N8O4/c1-4-27(42-36(48)32-22-40-13-14-41-32)19-25-5-9-28(10-6-25)44-17-15-43(16-18-44)23-26-7-11-29(12-8-26)45(37(39)49)35(38)31-20-30(24(2)3)33(46)21-34(31)47/h4-14,20-22,24,27,38,46-47H,1,15-19,23H2,2-3H3,(H2,39,49)(H,42,48). The van der Waals surface area contributed by atoms with Crippen LogP contribution in [0.15, 0.2) is 91.9 Å². The summed E-state index contributed by atoms with van der Waals surface area (Å²) in [7, 11) is 0. The van der Waals surface area contributed by atoms with Gasteiger partial charge in [0.25, 0.3) is 5.91 Å². The van der Waals surface area contributed by atoms with E-state index in [4.69, 9.17) is 11.1 Å². The maximum Gasteiger partial charge on any atom is 0.325 e. The molecule has 0 aliphatic carbocycles. The van der Waals surface area contributed by atoms with E-state index >= 15 is 0 Å². The molecule has 1 aliphatic rings. The molecule has 1 aliphatic heterocycles. The molecule has 0 bridgehead atoms. The van der Waals surface area contributed by atoms with E-state index in [1.807, 2.05) is 26.0 Å². The van der Waals surface area contributed by atoms with E-state index in [1.54, 1.807) is 18.2 Å². The van der Waals surface area contributed by atoms with Crippen molar-refractivity contribution >= 4 is 29.1 Å². The van der Waals surface area contributed by atoms with Crippen molar-refractivity contribution in [2.75, 3.05) is 36.0 Å². The zero-order valence-corrected chi connectivity index (χ0v) is 27.7. The molecule has 5 rings (SSSR count). The van der Waals surface area contributed by atoms with Gasteiger partial charge in [-0.05, 0) is 59.4 Å². The molecule has 4 aromatic rings. The summed E-state index contributed by atoms with van der Waals surface area (Å²) in [6.45, 7) is 11.8. The molecule has 0 spiro atoms. The number of carbonyl (C=O) groups is 2. The molecule has 3 amide bonds. The minimum absolute atomic E-state index is 0.0598. The number of nitrogens with one attached hydrogen (secondary N) is 2. The topological polar surface area (TPSA) is 172 Å². The van der Waals surface area contributed by atoms with Gasteiger partial charge in [0.2, 0.25) is 0 Å².